The van der Waals surface area contributed by atoms with Gasteiger partial charge in [-0.1, -0.05) is 44.5 Å². The minimum Gasteiger partial charge on any atom is -0.508 e. The third-order valence-corrected chi connectivity index (χ3v) is 7.10. The Morgan fingerprint density at radius 1 is 0.784 bits per heavy atom. The number of carbonyl (C=O) groups is 3. The van der Waals surface area contributed by atoms with Crippen LogP contribution < -0.4 is 16.0 Å². The fourth-order valence-corrected chi connectivity index (χ4v) is 4.40. The molecule has 0 spiro atoms. The first kappa shape index (κ1) is 30.0. The van der Waals surface area contributed by atoms with Crippen LogP contribution in [0.25, 0.3) is 0 Å². The second-order valence-electron chi connectivity index (χ2n) is 9.01. The van der Waals surface area contributed by atoms with Crippen LogP contribution in [0, 0.1) is 5.92 Å². The number of benzene rings is 2. The van der Waals surface area contributed by atoms with Crippen LogP contribution in [0.4, 0.5) is 0 Å². The zero-order valence-corrected chi connectivity index (χ0v) is 21.9. The van der Waals surface area contributed by atoms with E-state index in [0.29, 0.717) is 17.5 Å². The average Bonchev–Trinajstić information content (AvgIpc) is 2.83. The zero-order valence-electron chi connectivity index (χ0n) is 21.0. The molecular weight excluding hydrogens is 501 g/mol. The quantitative estimate of drug-likeness (QED) is 0.185. The normalized spacial score (nSPS) is 14.6. The lowest BCUT2D eigenvalue weighted by Gasteiger charge is -2.27. The second-order valence-corrected chi connectivity index (χ2v) is 10.9. The Morgan fingerprint density at radius 3 is 1.70 bits per heavy atom. The third kappa shape index (κ3) is 9.62. The molecule has 0 radical (unpaired) electrons. The summed E-state index contributed by atoms with van der Waals surface area (Å²) in [6, 6.07) is 9.62. The lowest BCUT2D eigenvalue weighted by Crippen LogP contribution is -2.57. The standard InChI is InChI=1S/C25H34N3O8P/c1-4-15(2)23(26-16(3)29)25(33)27-21(13-17-5-9-19(30)10-6-17)24(32)28-22(37(34,35)36)14-18-7-11-20(31)12-8-18/h5-12,15,21-23,34-36H,4,13-14H2,1-3H3,(H4-,26,27,28,29,30,31,32,33)/p+1/t15-,21-,22+,23-/m0/s1. The Bertz CT molecular complexity index is 1060. The van der Waals surface area contributed by atoms with Gasteiger partial charge in [-0.05, 0) is 41.3 Å². The van der Waals surface area contributed by atoms with Crippen molar-refractivity contribution in [2.24, 2.45) is 5.92 Å². The highest BCUT2D eigenvalue weighted by atomic mass is 31.2. The van der Waals surface area contributed by atoms with E-state index in [2.05, 4.69) is 16.0 Å². The molecular formula is C25H35N3O8P+. The first-order chi connectivity index (χ1) is 17.3. The Hall–Kier alpha value is -3.24. The minimum absolute atomic E-state index is 0.00547. The molecule has 11 nitrogen and oxygen atoms in total. The lowest BCUT2D eigenvalue weighted by molar-refractivity contribution is -0.132. The molecule has 0 aliphatic rings. The van der Waals surface area contributed by atoms with Gasteiger partial charge in [0, 0.05) is 19.8 Å². The molecule has 8 N–H and O–H groups in total. The summed E-state index contributed by atoms with van der Waals surface area (Å²) in [7, 11) is -4.58. The lowest BCUT2D eigenvalue weighted by atomic mass is 9.97. The number of nitrogens with one attached hydrogen (secondary N) is 3. The van der Waals surface area contributed by atoms with Crippen molar-refractivity contribution in [1.29, 1.82) is 0 Å². The number of carbonyl (C=O) groups excluding carboxylic acids is 3. The molecule has 0 aliphatic heterocycles. The van der Waals surface area contributed by atoms with Crippen molar-refractivity contribution in [3.05, 3.63) is 59.7 Å². The number of hydrogen-bond donors (Lipinski definition) is 8. The molecule has 0 fully saturated rings. The summed E-state index contributed by atoms with van der Waals surface area (Å²) < 4.78 is 0. The number of hydrogen-bond acceptors (Lipinski definition) is 8. The highest BCUT2D eigenvalue weighted by molar-refractivity contribution is 7.59. The number of rotatable bonds is 12. The number of amides is 3. The molecule has 202 valence electrons. The van der Waals surface area contributed by atoms with Gasteiger partial charge < -0.3 is 26.2 Å². The van der Waals surface area contributed by atoms with Crippen molar-refractivity contribution in [2.75, 3.05) is 0 Å². The predicted molar refractivity (Wildman–Crippen MR) is 138 cm³/mol. The van der Waals surface area contributed by atoms with Gasteiger partial charge in [0.25, 0.3) is 0 Å². The molecule has 0 saturated heterocycles. The van der Waals surface area contributed by atoms with Gasteiger partial charge in [0.05, 0.1) is 0 Å². The van der Waals surface area contributed by atoms with Crippen LogP contribution in [0.3, 0.4) is 0 Å². The molecule has 0 unspecified atom stereocenters. The van der Waals surface area contributed by atoms with Crippen molar-refractivity contribution < 1.29 is 39.3 Å². The number of phenolic OH excluding ortho intramolecular Hbond substituents is 2. The summed E-state index contributed by atoms with van der Waals surface area (Å²) in [5.41, 5.74) is 1.09. The minimum atomic E-state index is -4.58. The Kier molecular flexibility index (Phi) is 10.8. The van der Waals surface area contributed by atoms with E-state index in [1.807, 2.05) is 6.92 Å². The van der Waals surface area contributed by atoms with Gasteiger partial charge in [-0.3, -0.25) is 14.4 Å². The van der Waals surface area contributed by atoms with Crippen molar-refractivity contribution in [1.82, 2.24) is 16.0 Å². The third-order valence-electron chi connectivity index (χ3n) is 5.96. The van der Waals surface area contributed by atoms with Crippen LogP contribution in [0.1, 0.15) is 38.3 Å². The van der Waals surface area contributed by atoms with Crippen molar-refractivity contribution >= 4 is 25.7 Å². The Labute approximate surface area is 216 Å². The van der Waals surface area contributed by atoms with Gasteiger partial charge in [0.2, 0.25) is 23.5 Å². The molecule has 37 heavy (non-hydrogen) atoms. The molecule has 2 aromatic carbocycles. The number of aromatic hydroxyl groups is 2. The highest BCUT2D eigenvalue weighted by Crippen LogP contribution is 2.50. The van der Waals surface area contributed by atoms with Crippen LogP contribution in [0.5, 0.6) is 11.5 Å². The average molecular weight is 537 g/mol. The predicted octanol–water partition coefficient (Wildman–Crippen LogP) is 1.10. The molecule has 0 heterocycles. The van der Waals surface area contributed by atoms with Gasteiger partial charge in [-0.15, -0.1) is 0 Å². The first-order valence-corrected chi connectivity index (χ1v) is 13.5. The van der Waals surface area contributed by atoms with E-state index in [0.717, 1.165) is 0 Å². The molecule has 12 heteroatoms. The van der Waals surface area contributed by atoms with E-state index >= 15 is 0 Å². The van der Waals surface area contributed by atoms with Gasteiger partial charge in [0.1, 0.15) is 23.6 Å². The fourth-order valence-electron chi connectivity index (χ4n) is 3.64. The Balaban J connectivity index is 2.31. The highest BCUT2D eigenvalue weighted by Gasteiger charge is 2.45. The fraction of sp³-hybridized carbons (Fsp3) is 0.400. The molecule has 4 atom stereocenters. The van der Waals surface area contributed by atoms with E-state index in [-0.39, 0.29) is 30.3 Å². The van der Waals surface area contributed by atoms with E-state index in [9.17, 15) is 39.3 Å². The molecule has 3 amide bonds. The summed E-state index contributed by atoms with van der Waals surface area (Å²) in [4.78, 5) is 68.2. The van der Waals surface area contributed by atoms with Gasteiger partial charge in [0.15, 0.2) is 0 Å². The molecule has 0 aliphatic carbocycles. The van der Waals surface area contributed by atoms with Crippen molar-refractivity contribution in [2.45, 2.75) is 57.9 Å². The summed E-state index contributed by atoms with van der Waals surface area (Å²) in [5, 5.41) is 26.7. The summed E-state index contributed by atoms with van der Waals surface area (Å²) >= 11 is 0. The summed E-state index contributed by atoms with van der Waals surface area (Å²) in [6.07, 6.45) is 0.393. The molecule has 2 rings (SSSR count). The Morgan fingerprint density at radius 2 is 1.27 bits per heavy atom. The molecule has 0 saturated carbocycles. The van der Waals surface area contributed by atoms with Crippen molar-refractivity contribution in [3.63, 3.8) is 0 Å². The van der Waals surface area contributed by atoms with Crippen LogP contribution in [-0.4, -0.2) is 60.5 Å². The smallest absolute Gasteiger partial charge is 0.428 e. The van der Waals surface area contributed by atoms with E-state index in [1.54, 1.807) is 19.1 Å². The first-order valence-electron chi connectivity index (χ1n) is 11.8. The zero-order chi connectivity index (χ0) is 27.8. The van der Waals surface area contributed by atoms with Crippen molar-refractivity contribution in [3.8, 4) is 11.5 Å². The second kappa shape index (κ2) is 13.3. The summed E-state index contributed by atoms with van der Waals surface area (Å²) in [6.45, 7) is 4.92. The monoisotopic (exact) mass is 536 g/mol. The van der Waals surface area contributed by atoms with E-state index in [1.165, 1.54) is 43.3 Å². The maximum Gasteiger partial charge on any atom is 0.428 e. The maximum absolute atomic E-state index is 13.3. The number of phenols is 2. The molecule has 0 bridgehead atoms. The largest absolute Gasteiger partial charge is 0.508 e. The van der Waals surface area contributed by atoms with E-state index in [4.69, 9.17) is 0 Å². The molecule has 2 aromatic rings. The van der Waals surface area contributed by atoms with Crippen LogP contribution >= 0.6 is 7.94 Å². The maximum atomic E-state index is 13.3. The topological polar surface area (TPSA) is 188 Å². The van der Waals surface area contributed by atoms with Gasteiger partial charge in [-0.25, -0.2) is 0 Å². The van der Waals surface area contributed by atoms with Crippen LogP contribution in [0.15, 0.2) is 48.5 Å². The van der Waals surface area contributed by atoms with Crippen LogP contribution in [0.2, 0.25) is 0 Å². The van der Waals surface area contributed by atoms with Gasteiger partial charge >= 0.3 is 7.94 Å². The van der Waals surface area contributed by atoms with Gasteiger partial charge in [-0.2, -0.15) is 14.7 Å². The summed E-state index contributed by atoms with van der Waals surface area (Å²) in [5.74, 6) is -3.52. The SMILES string of the molecule is CC[C@H](C)[C@H](NC(C)=O)C(=O)N[C@@H](Cc1ccc(O)cc1)C(=O)N[C@@H](Cc1ccc(O)cc1)[P+](O)(O)O. The van der Waals surface area contributed by atoms with Crippen LogP contribution in [-0.2, 0) is 27.2 Å². The van der Waals surface area contributed by atoms with E-state index < -0.39 is 43.5 Å². The molecule has 0 aromatic heterocycles.